The van der Waals surface area contributed by atoms with Gasteiger partial charge in [0.1, 0.15) is 5.54 Å². The van der Waals surface area contributed by atoms with Crippen LogP contribution in [0.1, 0.15) is 42.5 Å². The Kier molecular flexibility index (Phi) is 4.53. The van der Waals surface area contributed by atoms with Gasteiger partial charge in [-0.2, -0.15) is 0 Å². The first kappa shape index (κ1) is 17.8. The fourth-order valence-corrected chi connectivity index (χ4v) is 4.34. The summed E-state index contributed by atoms with van der Waals surface area (Å²) in [5.41, 5.74) is 1.01. The van der Waals surface area contributed by atoms with Crippen LogP contribution in [0, 0.1) is 0 Å². The van der Waals surface area contributed by atoms with Gasteiger partial charge in [-0.25, -0.2) is 4.79 Å². The zero-order chi connectivity index (χ0) is 19.0. The summed E-state index contributed by atoms with van der Waals surface area (Å²) in [6.45, 7) is 3.09. The molecule has 3 aliphatic rings. The molecule has 3 fully saturated rings. The van der Waals surface area contributed by atoms with Gasteiger partial charge in [0.05, 0.1) is 0 Å². The Hall–Kier alpha value is -2.57. The van der Waals surface area contributed by atoms with Crippen molar-refractivity contribution in [1.29, 1.82) is 0 Å². The highest BCUT2D eigenvalue weighted by Crippen LogP contribution is 2.29. The standard InChI is InChI=1S/C20H26N4O3/c1-22-18(26)20(21-19(22)27)9-13-24(14-10-20)17(25)15-5-7-16(8-6-15)23-11-3-2-4-12-23/h5-8H,2-4,9-14H2,1H3,(H,21,27). The topological polar surface area (TPSA) is 73.0 Å². The molecule has 144 valence electrons. The van der Waals surface area contributed by atoms with Gasteiger partial charge >= 0.3 is 6.03 Å². The van der Waals surface area contributed by atoms with Gasteiger partial charge in [-0.1, -0.05) is 0 Å². The minimum atomic E-state index is -0.833. The van der Waals surface area contributed by atoms with Crippen molar-refractivity contribution in [3.8, 4) is 0 Å². The molecular formula is C20H26N4O3. The van der Waals surface area contributed by atoms with Crippen LogP contribution in [-0.4, -0.2) is 66.4 Å². The highest BCUT2D eigenvalue weighted by Gasteiger charge is 2.51. The normalized spacial score (nSPS) is 22.3. The van der Waals surface area contributed by atoms with Crippen LogP contribution in [0.3, 0.4) is 0 Å². The van der Waals surface area contributed by atoms with Crippen LogP contribution >= 0.6 is 0 Å². The summed E-state index contributed by atoms with van der Waals surface area (Å²) in [6, 6.07) is 7.49. The average Bonchev–Trinajstić information content (AvgIpc) is 2.92. The second-order valence-corrected chi connectivity index (χ2v) is 7.76. The Bertz CT molecular complexity index is 747. The number of likely N-dealkylation sites (N-methyl/N-ethyl adjacent to an activating group) is 1. The van der Waals surface area contributed by atoms with Crippen molar-refractivity contribution in [3.05, 3.63) is 29.8 Å². The van der Waals surface area contributed by atoms with E-state index in [2.05, 4.69) is 10.2 Å². The number of nitrogens with zero attached hydrogens (tertiary/aromatic N) is 3. The van der Waals surface area contributed by atoms with E-state index in [1.165, 1.54) is 32.0 Å². The quantitative estimate of drug-likeness (QED) is 0.806. The summed E-state index contributed by atoms with van der Waals surface area (Å²) in [5, 5.41) is 2.81. The van der Waals surface area contributed by atoms with Crippen LogP contribution in [0.5, 0.6) is 0 Å². The first-order valence-corrected chi connectivity index (χ1v) is 9.75. The molecular weight excluding hydrogens is 344 g/mol. The van der Waals surface area contributed by atoms with E-state index in [9.17, 15) is 14.4 Å². The number of hydrogen-bond acceptors (Lipinski definition) is 4. The lowest BCUT2D eigenvalue weighted by Crippen LogP contribution is -2.55. The van der Waals surface area contributed by atoms with Gasteiger partial charge in [0.25, 0.3) is 11.8 Å². The van der Waals surface area contributed by atoms with Crippen molar-refractivity contribution in [3.63, 3.8) is 0 Å². The molecule has 0 bridgehead atoms. The molecule has 0 radical (unpaired) electrons. The Morgan fingerprint density at radius 2 is 1.59 bits per heavy atom. The molecule has 0 aliphatic carbocycles. The predicted molar refractivity (Wildman–Crippen MR) is 102 cm³/mol. The number of amides is 4. The number of nitrogens with one attached hydrogen (secondary N) is 1. The molecule has 0 saturated carbocycles. The second-order valence-electron chi connectivity index (χ2n) is 7.76. The van der Waals surface area contributed by atoms with Crippen molar-refractivity contribution in [2.24, 2.45) is 0 Å². The number of likely N-dealkylation sites (tertiary alicyclic amines) is 1. The number of hydrogen-bond donors (Lipinski definition) is 1. The molecule has 3 saturated heterocycles. The Morgan fingerprint density at radius 1 is 0.963 bits per heavy atom. The summed E-state index contributed by atoms with van der Waals surface area (Å²) < 4.78 is 0. The minimum absolute atomic E-state index is 0.0137. The Labute approximate surface area is 159 Å². The van der Waals surface area contributed by atoms with Crippen LogP contribution < -0.4 is 10.2 Å². The molecule has 1 aromatic rings. The molecule has 27 heavy (non-hydrogen) atoms. The van der Waals surface area contributed by atoms with Gasteiger partial charge in [0, 0.05) is 44.5 Å². The molecule has 1 spiro atoms. The number of piperidine rings is 2. The summed E-state index contributed by atoms with van der Waals surface area (Å²) in [4.78, 5) is 42.2. The molecule has 7 heteroatoms. The predicted octanol–water partition coefficient (Wildman–Crippen LogP) is 1.83. The fourth-order valence-electron chi connectivity index (χ4n) is 4.34. The molecule has 4 rings (SSSR count). The fraction of sp³-hybridized carbons (Fsp3) is 0.550. The molecule has 3 heterocycles. The molecule has 0 unspecified atom stereocenters. The molecule has 1 aromatic carbocycles. The van der Waals surface area contributed by atoms with Crippen molar-refractivity contribution in [2.75, 3.05) is 38.1 Å². The number of urea groups is 1. The lowest BCUT2D eigenvalue weighted by molar-refractivity contribution is -0.131. The first-order chi connectivity index (χ1) is 13.0. The summed E-state index contributed by atoms with van der Waals surface area (Å²) in [7, 11) is 1.49. The van der Waals surface area contributed by atoms with Crippen LogP contribution in [-0.2, 0) is 4.79 Å². The summed E-state index contributed by atoms with van der Waals surface area (Å²) in [6.07, 6.45) is 4.66. The molecule has 7 nitrogen and oxygen atoms in total. The molecule has 4 amide bonds. The summed E-state index contributed by atoms with van der Waals surface area (Å²) >= 11 is 0. The Morgan fingerprint density at radius 3 is 2.15 bits per heavy atom. The molecule has 1 N–H and O–H groups in total. The maximum atomic E-state index is 12.8. The number of rotatable bonds is 2. The second kappa shape index (κ2) is 6.87. The number of anilines is 1. The van der Waals surface area contributed by atoms with Gasteiger partial charge in [-0.15, -0.1) is 0 Å². The third kappa shape index (κ3) is 3.15. The highest BCUT2D eigenvalue weighted by atomic mass is 16.2. The van der Waals surface area contributed by atoms with E-state index >= 15 is 0 Å². The lowest BCUT2D eigenvalue weighted by Gasteiger charge is -2.37. The maximum absolute atomic E-state index is 12.8. The third-order valence-electron chi connectivity index (χ3n) is 6.10. The first-order valence-electron chi connectivity index (χ1n) is 9.75. The van der Waals surface area contributed by atoms with Gasteiger partial charge in [0.15, 0.2) is 0 Å². The van der Waals surface area contributed by atoms with Gasteiger partial charge in [-0.3, -0.25) is 14.5 Å². The van der Waals surface area contributed by atoms with Crippen molar-refractivity contribution in [1.82, 2.24) is 15.1 Å². The van der Waals surface area contributed by atoms with Crippen LogP contribution in [0.4, 0.5) is 10.5 Å². The largest absolute Gasteiger partial charge is 0.372 e. The maximum Gasteiger partial charge on any atom is 0.324 e. The minimum Gasteiger partial charge on any atom is -0.372 e. The van der Waals surface area contributed by atoms with E-state index in [0.717, 1.165) is 18.0 Å². The zero-order valence-electron chi connectivity index (χ0n) is 15.7. The smallest absolute Gasteiger partial charge is 0.324 e. The average molecular weight is 370 g/mol. The van der Waals surface area contributed by atoms with Gasteiger partial charge in [-0.05, 0) is 56.4 Å². The SMILES string of the molecule is CN1C(=O)NC2(CCN(C(=O)c3ccc(N4CCCCC4)cc3)CC2)C1=O. The number of benzene rings is 1. The highest BCUT2D eigenvalue weighted by molar-refractivity contribution is 6.07. The van der Waals surface area contributed by atoms with E-state index < -0.39 is 5.54 Å². The van der Waals surface area contributed by atoms with Gasteiger partial charge < -0.3 is 15.1 Å². The summed E-state index contributed by atoms with van der Waals surface area (Å²) in [5.74, 6) is -0.203. The third-order valence-corrected chi connectivity index (χ3v) is 6.10. The molecule has 0 atom stereocenters. The van der Waals surface area contributed by atoms with Crippen LogP contribution in [0.15, 0.2) is 24.3 Å². The molecule has 3 aliphatic heterocycles. The van der Waals surface area contributed by atoms with Gasteiger partial charge in [0.2, 0.25) is 0 Å². The van der Waals surface area contributed by atoms with Crippen molar-refractivity contribution in [2.45, 2.75) is 37.6 Å². The Balaban J connectivity index is 1.39. The zero-order valence-corrected chi connectivity index (χ0v) is 15.7. The molecule has 0 aromatic heterocycles. The number of carbonyl (C=O) groups is 3. The van der Waals surface area contributed by atoms with Crippen LogP contribution in [0.2, 0.25) is 0 Å². The lowest BCUT2D eigenvalue weighted by atomic mass is 9.87. The monoisotopic (exact) mass is 370 g/mol. The van der Waals surface area contributed by atoms with E-state index in [0.29, 0.717) is 31.5 Å². The van der Waals surface area contributed by atoms with E-state index in [1.54, 1.807) is 4.90 Å². The van der Waals surface area contributed by atoms with Crippen LogP contribution in [0.25, 0.3) is 0 Å². The van der Waals surface area contributed by atoms with Crippen molar-refractivity contribution >= 4 is 23.5 Å². The van der Waals surface area contributed by atoms with Crippen molar-refractivity contribution < 1.29 is 14.4 Å². The van der Waals surface area contributed by atoms with E-state index in [-0.39, 0.29) is 17.8 Å². The van der Waals surface area contributed by atoms with E-state index in [4.69, 9.17) is 0 Å². The van der Waals surface area contributed by atoms with E-state index in [1.807, 2.05) is 24.3 Å². The number of carbonyl (C=O) groups excluding carboxylic acids is 3. The number of imide groups is 1.